The molecule has 6 heteroatoms. The lowest BCUT2D eigenvalue weighted by Crippen LogP contribution is -2.34. The fourth-order valence-electron chi connectivity index (χ4n) is 2.54. The highest BCUT2D eigenvalue weighted by molar-refractivity contribution is 5.68. The summed E-state index contributed by atoms with van der Waals surface area (Å²) in [6.45, 7) is 6.01. The lowest BCUT2D eigenvalue weighted by Gasteiger charge is -2.19. The molecule has 0 bridgehead atoms. The van der Waals surface area contributed by atoms with Crippen molar-refractivity contribution in [3.05, 3.63) is 60.7 Å². The Morgan fingerprint density at radius 2 is 1.64 bits per heavy atom. The summed E-state index contributed by atoms with van der Waals surface area (Å²) in [4.78, 5) is 11.6. The van der Waals surface area contributed by atoms with Gasteiger partial charge in [-0.25, -0.2) is 4.79 Å². The number of nitrogens with one attached hydrogen (secondary N) is 1. The Morgan fingerprint density at radius 1 is 1.00 bits per heavy atom. The number of ether oxygens (including phenoxy) is 2. The highest BCUT2D eigenvalue weighted by Crippen LogP contribution is 2.26. The second kappa shape index (κ2) is 8.61. The number of rotatable bonds is 6. The highest BCUT2D eigenvalue weighted by atomic mass is 16.6. The summed E-state index contributed by atoms with van der Waals surface area (Å²) in [5, 5.41) is 6.53. The van der Waals surface area contributed by atoms with Crippen LogP contribution in [0.3, 0.4) is 0 Å². The first-order chi connectivity index (χ1) is 13.4. The summed E-state index contributed by atoms with van der Waals surface area (Å²) in [6.07, 6.45) is -0.476. The van der Waals surface area contributed by atoms with Crippen molar-refractivity contribution < 1.29 is 18.8 Å². The molecule has 1 amide bonds. The van der Waals surface area contributed by atoms with Gasteiger partial charge in [-0.1, -0.05) is 54.6 Å². The van der Waals surface area contributed by atoms with E-state index in [4.69, 9.17) is 14.0 Å². The van der Waals surface area contributed by atoms with Crippen LogP contribution in [0.4, 0.5) is 4.79 Å². The molecule has 0 aliphatic carbocycles. The molecule has 0 unspecified atom stereocenters. The molecule has 3 aromatic rings. The van der Waals surface area contributed by atoms with Crippen LogP contribution in [0.5, 0.6) is 5.88 Å². The van der Waals surface area contributed by atoms with Crippen molar-refractivity contribution >= 4 is 6.09 Å². The summed E-state index contributed by atoms with van der Waals surface area (Å²) < 4.78 is 16.0. The maximum Gasteiger partial charge on any atom is 0.407 e. The third-order valence-corrected chi connectivity index (χ3v) is 3.79. The zero-order chi connectivity index (χ0) is 20.0. The maximum atomic E-state index is 11.6. The van der Waals surface area contributed by atoms with Crippen LogP contribution in [0, 0.1) is 0 Å². The molecule has 1 N–H and O–H groups in total. The molecular weight excluding hydrogens is 356 g/mol. The number of nitrogens with zero attached hydrogens (tertiary/aromatic N) is 1. The lowest BCUT2D eigenvalue weighted by atomic mass is 10.0. The second-order valence-corrected chi connectivity index (χ2v) is 7.25. The molecular formula is C22H24N2O4. The largest absolute Gasteiger partial charge is 0.474 e. The Morgan fingerprint density at radius 3 is 2.32 bits per heavy atom. The number of hydrogen-bond acceptors (Lipinski definition) is 5. The maximum absolute atomic E-state index is 11.6. The minimum atomic E-state index is -0.526. The third kappa shape index (κ3) is 5.61. The predicted octanol–water partition coefficient (Wildman–Crippen LogP) is 4.91. The van der Waals surface area contributed by atoms with E-state index in [0.717, 1.165) is 16.7 Å². The lowest BCUT2D eigenvalue weighted by molar-refractivity contribution is 0.0519. The van der Waals surface area contributed by atoms with E-state index in [9.17, 15) is 4.79 Å². The van der Waals surface area contributed by atoms with Gasteiger partial charge in [0.05, 0.1) is 6.54 Å². The topological polar surface area (TPSA) is 73.6 Å². The standard InChI is InChI=1S/C22H24N2O4/c1-22(2,3)27-21(25)23-13-14-26-20-15-19(28-24-20)18-11-9-17(10-12-18)16-7-5-4-6-8-16/h4-12,15H,13-14H2,1-3H3,(H,23,25). The molecule has 146 valence electrons. The summed E-state index contributed by atoms with van der Waals surface area (Å²) in [5.41, 5.74) is 2.68. The quantitative estimate of drug-likeness (QED) is 0.615. The molecule has 0 atom stereocenters. The average Bonchev–Trinajstić information content (AvgIpc) is 3.14. The molecule has 2 aromatic carbocycles. The molecule has 0 saturated carbocycles. The first kappa shape index (κ1) is 19.5. The van der Waals surface area contributed by atoms with Crippen LogP contribution >= 0.6 is 0 Å². The van der Waals surface area contributed by atoms with Crippen LogP contribution in [0.2, 0.25) is 0 Å². The van der Waals surface area contributed by atoms with Gasteiger partial charge in [0.25, 0.3) is 5.88 Å². The zero-order valence-corrected chi connectivity index (χ0v) is 16.3. The smallest absolute Gasteiger partial charge is 0.407 e. The molecule has 0 spiro atoms. The van der Waals surface area contributed by atoms with E-state index >= 15 is 0 Å². The molecule has 3 rings (SSSR count). The summed E-state index contributed by atoms with van der Waals surface area (Å²) in [6, 6.07) is 19.9. The normalized spacial score (nSPS) is 11.1. The van der Waals surface area contributed by atoms with E-state index in [1.54, 1.807) is 6.07 Å². The van der Waals surface area contributed by atoms with Crippen LogP contribution in [0.1, 0.15) is 20.8 Å². The van der Waals surface area contributed by atoms with Gasteiger partial charge in [0, 0.05) is 11.6 Å². The fraction of sp³-hybridized carbons (Fsp3) is 0.273. The van der Waals surface area contributed by atoms with Gasteiger partial charge in [-0.15, -0.1) is 0 Å². The van der Waals surface area contributed by atoms with Crippen LogP contribution in [-0.2, 0) is 4.74 Å². The number of aromatic nitrogens is 1. The summed E-state index contributed by atoms with van der Waals surface area (Å²) in [5.74, 6) is 0.989. The molecule has 1 aromatic heterocycles. The molecule has 0 radical (unpaired) electrons. The van der Waals surface area contributed by atoms with Gasteiger partial charge in [-0.2, -0.15) is 0 Å². The van der Waals surface area contributed by atoms with Gasteiger partial charge < -0.3 is 19.3 Å². The van der Waals surface area contributed by atoms with Gasteiger partial charge >= 0.3 is 6.09 Å². The third-order valence-electron chi connectivity index (χ3n) is 3.79. The van der Waals surface area contributed by atoms with E-state index in [0.29, 0.717) is 18.2 Å². The predicted molar refractivity (Wildman–Crippen MR) is 107 cm³/mol. The van der Waals surface area contributed by atoms with Crippen LogP contribution in [0.25, 0.3) is 22.5 Å². The van der Waals surface area contributed by atoms with E-state index in [2.05, 4.69) is 22.6 Å². The highest BCUT2D eigenvalue weighted by Gasteiger charge is 2.15. The first-order valence-electron chi connectivity index (χ1n) is 9.13. The van der Waals surface area contributed by atoms with E-state index in [1.165, 1.54) is 0 Å². The minimum Gasteiger partial charge on any atom is -0.474 e. The van der Waals surface area contributed by atoms with Gasteiger partial charge in [-0.3, -0.25) is 0 Å². The Kier molecular flexibility index (Phi) is 5.99. The monoisotopic (exact) mass is 380 g/mol. The van der Waals surface area contributed by atoms with Gasteiger partial charge in [0.1, 0.15) is 12.2 Å². The zero-order valence-electron chi connectivity index (χ0n) is 16.3. The van der Waals surface area contributed by atoms with Crippen molar-refractivity contribution in [1.29, 1.82) is 0 Å². The van der Waals surface area contributed by atoms with Crippen LogP contribution in [-0.4, -0.2) is 30.0 Å². The molecule has 0 saturated heterocycles. The fourth-order valence-corrected chi connectivity index (χ4v) is 2.54. The average molecular weight is 380 g/mol. The number of carbonyl (C=O) groups excluding carboxylic acids is 1. The minimum absolute atomic E-state index is 0.262. The Hall–Kier alpha value is -3.28. The van der Waals surface area contributed by atoms with Crippen molar-refractivity contribution in [2.45, 2.75) is 26.4 Å². The molecule has 0 aliphatic rings. The summed E-state index contributed by atoms with van der Waals surface area (Å²) >= 11 is 0. The van der Waals surface area contributed by atoms with Crippen LogP contribution < -0.4 is 10.1 Å². The van der Waals surface area contributed by atoms with E-state index in [1.807, 2.05) is 63.2 Å². The van der Waals surface area contributed by atoms with Crippen LogP contribution in [0.15, 0.2) is 65.2 Å². The van der Waals surface area contributed by atoms with Gasteiger partial charge in [-0.05, 0) is 37.1 Å². The van der Waals surface area contributed by atoms with E-state index in [-0.39, 0.29) is 6.61 Å². The molecule has 6 nitrogen and oxygen atoms in total. The second-order valence-electron chi connectivity index (χ2n) is 7.25. The Balaban J connectivity index is 1.51. The number of benzene rings is 2. The SMILES string of the molecule is CC(C)(C)OC(=O)NCCOc1cc(-c2ccc(-c3ccccc3)cc2)on1. The Bertz CT molecular complexity index is 896. The number of carbonyl (C=O) groups is 1. The van der Waals surface area contributed by atoms with Gasteiger partial charge in [0.15, 0.2) is 5.76 Å². The van der Waals surface area contributed by atoms with Crippen molar-refractivity contribution in [1.82, 2.24) is 10.5 Å². The number of hydrogen-bond donors (Lipinski definition) is 1. The summed E-state index contributed by atoms with van der Waals surface area (Å²) in [7, 11) is 0. The Labute approximate surface area is 164 Å². The van der Waals surface area contributed by atoms with Gasteiger partial charge in [0.2, 0.25) is 0 Å². The van der Waals surface area contributed by atoms with E-state index < -0.39 is 11.7 Å². The molecule has 1 heterocycles. The number of alkyl carbamates (subject to hydrolysis) is 1. The molecule has 28 heavy (non-hydrogen) atoms. The molecule has 0 fully saturated rings. The van der Waals surface area contributed by atoms with Crippen molar-refractivity contribution in [2.24, 2.45) is 0 Å². The first-order valence-corrected chi connectivity index (χ1v) is 9.13. The van der Waals surface area contributed by atoms with Crippen molar-refractivity contribution in [2.75, 3.05) is 13.2 Å². The number of amides is 1. The molecule has 0 aliphatic heterocycles. The van der Waals surface area contributed by atoms with Crippen molar-refractivity contribution in [3.8, 4) is 28.3 Å². The van der Waals surface area contributed by atoms with Crippen molar-refractivity contribution in [3.63, 3.8) is 0 Å².